The van der Waals surface area contributed by atoms with Crippen LogP contribution in [0.25, 0.3) is 6.08 Å². The number of carbonyl (C=O) groups excluding carboxylic acids is 2. The largest absolute Gasteiger partial charge is 0.427 e. The minimum absolute atomic E-state index is 0.165. The fourth-order valence-corrected chi connectivity index (χ4v) is 3.47. The van der Waals surface area contributed by atoms with Crippen molar-refractivity contribution >= 4 is 41.0 Å². The van der Waals surface area contributed by atoms with E-state index in [1.165, 1.54) is 38.2 Å². The molecule has 2 rings (SSSR count). The second-order valence-electron chi connectivity index (χ2n) is 7.23. The molecule has 3 nitrogen and oxygen atoms in total. The maximum absolute atomic E-state index is 12.3. The second-order valence-corrected chi connectivity index (χ2v) is 8.08. The van der Waals surface area contributed by atoms with Gasteiger partial charge in [0, 0.05) is 22.0 Å². The molecule has 0 aromatic heterocycles. The first-order valence-corrected chi connectivity index (χ1v) is 11.2. The van der Waals surface area contributed by atoms with Gasteiger partial charge in [0.05, 0.1) is 0 Å². The Morgan fingerprint density at radius 1 is 0.900 bits per heavy atom. The van der Waals surface area contributed by atoms with Crippen molar-refractivity contribution in [2.75, 3.05) is 0 Å². The number of ketones is 1. The molecule has 0 heterocycles. The van der Waals surface area contributed by atoms with E-state index in [1.54, 1.807) is 48.5 Å². The van der Waals surface area contributed by atoms with Crippen molar-refractivity contribution in [2.24, 2.45) is 0 Å². The number of esters is 1. The summed E-state index contributed by atoms with van der Waals surface area (Å²) in [5, 5.41) is 1.02. The van der Waals surface area contributed by atoms with Crippen molar-refractivity contribution in [3.63, 3.8) is 0 Å². The molecule has 30 heavy (non-hydrogen) atoms. The highest BCUT2D eigenvalue weighted by Gasteiger charge is 2.07. The molecule has 0 N–H and O–H groups in total. The third-order valence-corrected chi connectivity index (χ3v) is 5.29. The van der Waals surface area contributed by atoms with Crippen molar-refractivity contribution in [1.29, 1.82) is 0 Å². The predicted octanol–water partition coefficient (Wildman–Crippen LogP) is 7.94. The zero-order valence-corrected chi connectivity index (χ0v) is 18.8. The van der Waals surface area contributed by atoms with Crippen LogP contribution < -0.4 is 4.74 Å². The standard InChI is InChI=1S/C25H28Cl2O3/c1-2-3-4-5-6-7-8-9-25(29)30-22-15-11-20(12-16-22)24(28)17-13-19-10-14-21(26)18-23(19)27/h10-18H,2-9H2,1H3/b17-13-. The highest BCUT2D eigenvalue weighted by atomic mass is 35.5. The molecule has 0 amide bonds. The van der Waals surface area contributed by atoms with Gasteiger partial charge in [-0.2, -0.15) is 0 Å². The van der Waals surface area contributed by atoms with Crippen LogP contribution in [0.4, 0.5) is 0 Å². The van der Waals surface area contributed by atoms with Gasteiger partial charge in [-0.25, -0.2) is 0 Å². The molecule has 0 radical (unpaired) electrons. The molecule has 0 saturated heterocycles. The molecule has 160 valence electrons. The van der Waals surface area contributed by atoms with E-state index in [1.807, 2.05) is 0 Å². The van der Waals surface area contributed by atoms with E-state index in [0.29, 0.717) is 33.3 Å². The number of ether oxygens (including phenoxy) is 1. The Bertz CT molecular complexity index is 857. The molecule has 5 heteroatoms. The molecule has 0 unspecified atom stereocenters. The smallest absolute Gasteiger partial charge is 0.311 e. The molecule has 0 aliphatic carbocycles. The summed E-state index contributed by atoms with van der Waals surface area (Å²) in [4.78, 5) is 24.3. The third kappa shape index (κ3) is 8.73. The number of rotatable bonds is 12. The van der Waals surface area contributed by atoms with Crippen LogP contribution in [-0.4, -0.2) is 11.8 Å². The molecule has 0 aliphatic heterocycles. The van der Waals surface area contributed by atoms with Crippen molar-refractivity contribution < 1.29 is 14.3 Å². The maximum atomic E-state index is 12.3. The molecule has 0 spiro atoms. The Labute approximate surface area is 189 Å². The number of benzene rings is 2. The summed E-state index contributed by atoms with van der Waals surface area (Å²) in [6, 6.07) is 11.7. The fraction of sp³-hybridized carbons (Fsp3) is 0.360. The third-order valence-electron chi connectivity index (χ3n) is 4.73. The highest BCUT2D eigenvalue weighted by molar-refractivity contribution is 6.35. The lowest BCUT2D eigenvalue weighted by Crippen LogP contribution is -2.07. The lowest BCUT2D eigenvalue weighted by atomic mass is 10.1. The first-order chi connectivity index (χ1) is 14.5. The maximum Gasteiger partial charge on any atom is 0.311 e. The number of halogens is 2. The highest BCUT2D eigenvalue weighted by Crippen LogP contribution is 2.22. The first kappa shape index (κ1) is 24.2. The van der Waals surface area contributed by atoms with Crippen LogP contribution in [0.3, 0.4) is 0 Å². The molecule has 0 fully saturated rings. The second kappa shape index (κ2) is 13.3. The Morgan fingerprint density at radius 2 is 1.57 bits per heavy atom. The van der Waals surface area contributed by atoms with Gasteiger partial charge in [-0.1, -0.05) is 74.7 Å². The van der Waals surface area contributed by atoms with E-state index in [4.69, 9.17) is 27.9 Å². The average molecular weight is 447 g/mol. The van der Waals surface area contributed by atoms with Gasteiger partial charge < -0.3 is 4.74 Å². The topological polar surface area (TPSA) is 43.4 Å². The number of hydrogen-bond acceptors (Lipinski definition) is 3. The van der Waals surface area contributed by atoms with E-state index in [-0.39, 0.29) is 11.8 Å². The van der Waals surface area contributed by atoms with Gasteiger partial charge in [0.1, 0.15) is 5.75 Å². The van der Waals surface area contributed by atoms with Crippen LogP contribution in [-0.2, 0) is 4.79 Å². The zero-order valence-electron chi connectivity index (χ0n) is 17.3. The van der Waals surface area contributed by atoms with E-state index in [9.17, 15) is 9.59 Å². The number of allylic oxidation sites excluding steroid dienone is 1. The van der Waals surface area contributed by atoms with Crippen LogP contribution in [0.5, 0.6) is 5.75 Å². The van der Waals surface area contributed by atoms with Crippen LogP contribution >= 0.6 is 23.2 Å². The first-order valence-electron chi connectivity index (χ1n) is 10.5. The summed E-state index contributed by atoms with van der Waals surface area (Å²) in [5.41, 5.74) is 1.22. The lowest BCUT2D eigenvalue weighted by Gasteiger charge is -2.05. The molecular weight excluding hydrogens is 419 g/mol. The molecule has 0 aliphatic rings. The summed E-state index contributed by atoms with van der Waals surface area (Å²) in [5.74, 6) is 0.0473. The number of unbranched alkanes of at least 4 members (excludes halogenated alkanes) is 6. The van der Waals surface area contributed by atoms with Gasteiger partial charge in [-0.05, 0) is 60.5 Å². The molecule has 2 aromatic carbocycles. The Balaban J connectivity index is 1.77. The van der Waals surface area contributed by atoms with Crippen molar-refractivity contribution in [3.05, 3.63) is 69.7 Å². The van der Waals surface area contributed by atoms with Gasteiger partial charge in [0.25, 0.3) is 0 Å². The van der Waals surface area contributed by atoms with Gasteiger partial charge in [-0.15, -0.1) is 0 Å². The Kier molecular flexibility index (Phi) is 10.7. The van der Waals surface area contributed by atoms with Gasteiger partial charge in [0.15, 0.2) is 5.78 Å². The minimum Gasteiger partial charge on any atom is -0.427 e. The monoisotopic (exact) mass is 446 g/mol. The van der Waals surface area contributed by atoms with Crippen molar-refractivity contribution in [2.45, 2.75) is 58.3 Å². The van der Waals surface area contributed by atoms with E-state index >= 15 is 0 Å². The SMILES string of the molecule is CCCCCCCCCC(=O)Oc1ccc(C(=O)/C=C\c2ccc(Cl)cc2Cl)cc1. The summed E-state index contributed by atoms with van der Waals surface area (Å²) in [6.45, 7) is 2.20. The predicted molar refractivity (Wildman–Crippen MR) is 125 cm³/mol. The van der Waals surface area contributed by atoms with Crippen molar-refractivity contribution in [1.82, 2.24) is 0 Å². The molecule has 2 aromatic rings. The lowest BCUT2D eigenvalue weighted by molar-refractivity contribution is -0.134. The van der Waals surface area contributed by atoms with E-state index in [0.717, 1.165) is 12.8 Å². The van der Waals surface area contributed by atoms with Crippen LogP contribution in [0, 0.1) is 0 Å². The van der Waals surface area contributed by atoms with Gasteiger partial charge in [-0.3, -0.25) is 9.59 Å². The summed E-state index contributed by atoms with van der Waals surface area (Å²) in [7, 11) is 0. The summed E-state index contributed by atoms with van der Waals surface area (Å²) in [6.07, 6.45) is 11.6. The Hall–Kier alpha value is -2.10. The van der Waals surface area contributed by atoms with Gasteiger partial charge >= 0.3 is 5.97 Å². The quantitative estimate of drug-likeness (QED) is 0.109. The van der Waals surface area contributed by atoms with Gasteiger partial charge in [0.2, 0.25) is 0 Å². The van der Waals surface area contributed by atoms with Crippen LogP contribution in [0.15, 0.2) is 48.5 Å². The van der Waals surface area contributed by atoms with Crippen LogP contribution in [0.1, 0.15) is 74.2 Å². The summed E-state index contributed by atoms with van der Waals surface area (Å²) >= 11 is 12.0. The number of carbonyl (C=O) groups is 2. The molecule has 0 bridgehead atoms. The zero-order chi connectivity index (χ0) is 21.8. The normalized spacial score (nSPS) is 11.0. The minimum atomic E-state index is -0.236. The van der Waals surface area contributed by atoms with Crippen molar-refractivity contribution in [3.8, 4) is 5.75 Å². The molecular formula is C25H28Cl2O3. The van der Waals surface area contributed by atoms with Crippen LogP contribution in [0.2, 0.25) is 10.0 Å². The van der Waals surface area contributed by atoms with E-state index in [2.05, 4.69) is 6.92 Å². The molecule has 0 atom stereocenters. The average Bonchev–Trinajstić information content (AvgIpc) is 2.73. The fourth-order valence-electron chi connectivity index (χ4n) is 2.99. The number of hydrogen-bond donors (Lipinski definition) is 0. The van der Waals surface area contributed by atoms with E-state index < -0.39 is 0 Å². The molecule has 0 saturated carbocycles. The summed E-state index contributed by atoms with van der Waals surface area (Å²) < 4.78 is 5.35. The Morgan fingerprint density at radius 3 is 2.23 bits per heavy atom.